The van der Waals surface area contributed by atoms with Gasteiger partial charge in [-0.25, -0.2) is 4.68 Å². The topological polar surface area (TPSA) is 42.7 Å². The van der Waals surface area contributed by atoms with E-state index in [0.717, 1.165) is 22.6 Å². The molecular weight excluding hydrogens is 356 g/mol. The first-order valence-electron chi connectivity index (χ1n) is 6.68. The molecule has 108 valence electrons. The predicted octanol–water partition coefficient (Wildman–Crippen LogP) is 3.13. The van der Waals surface area contributed by atoms with Crippen LogP contribution in [0.3, 0.4) is 0 Å². The smallest absolute Gasteiger partial charge is 0.153 e. The first-order valence-corrected chi connectivity index (χ1v) is 9.44. The molecule has 1 unspecified atom stereocenters. The first-order chi connectivity index (χ1) is 9.70. The normalized spacial score (nSPS) is 16.1. The monoisotopic (exact) mass is 372 g/mol. The third-order valence-corrected chi connectivity index (χ3v) is 6.31. The third-order valence-electron chi connectivity index (χ3n) is 3.44. The lowest BCUT2D eigenvalue weighted by Gasteiger charge is -2.16. The molecule has 2 aromatic rings. The van der Waals surface area contributed by atoms with Gasteiger partial charge in [-0.05, 0) is 46.3 Å². The quantitative estimate of drug-likeness (QED) is 0.894. The summed E-state index contributed by atoms with van der Waals surface area (Å²) in [6, 6.07) is 2.52. The molecule has 3 rings (SSSR count). The lowest BCUT2D eigenvalue weighted by atomic mass is 10.1. The minimum Gasteiger partial charge on any atom is -0.305 e. The van der Waals surface area contributed by atoms with Crippen molar-refractivity contribution in [1.29, 1.82) is 0 Å². The van der Waals surface area contributed by atoms with Crippen LogP contribution in [0.25, 0.3) is 0 Å². The van der Waals surface area contributed by atoms with Crippen molar-refractivity contribution in [3.8, 4) is 0 Å². The maximum absolute atomic E-state index is 4.12. The molecule has 0 spiro atoms. The van der Waals surface area contributed by atoms with Crippen LogP contribution in [-0.2, 0) is 19.2 Å². The fourth-order valence-electron chi connectivity index (χ4n) is 2.49. The van der Waals surface area contributed by atoms with Crippen LogP contribution in [0.1, 0.15) is 34.0 Å². The van der Waals surface area contributed by atoms with Gasteiger partial charge < -0.3 is 5.32 Å². The largest absolute Gasteiger partial charge is 0.305 e. The van der Waals surface area contributed by atoms with Gasteiger partial charge in [-0.3, -0.25) is 0 Å². The average Bonchev–Trinajstić information content (AvgIpc) is 3.01. The van der Waals surface area contributed by atoms with Crippen LogP contribution in [0.5, 0.6) is 0 Å². The standard InChI is InChI=1S/C13H17BrN4S2/c1-3-15-11(12-13(14)16-17-18(12)2)10-6-8-7-19-5-4-9(8)20-10/h6,11,15H,3-5,7H2,1-2H3. The Morgan fingerprint density at radius 2 is 2.40 bits per heavy atom. The Morgan fingerprint density at radius 3 is 3.05 bits per heavy atom. The van der Waals surface area contributed by atoms with E-state index < -0.39 is 0 Å². The molecular formula is C13H17BrN4S2. The number of aryl methyl sites for hydroxylation is 2. The SMILES string of the molecule is CCNC(c1cc2c(s1)CCSC2)c1c(Br)nnn1C. The summed E-state index contributed by atoms with van der Waals surface area (Å²) in [7, 11) is 1.95. The number of nitrogens with zero attached hydrogens (tertiary/aromatic N) is 3. The summed E-state index contributed by atoms with van der Waals surface area (Å²) >= 11 is 7.48. The van der Waals surface area contributed by atoms with Crippen molar-refractivity contribution >= 4 is 39.0 Å². The molecule has 0 aliphatic carbocycles. The molecule has 0 fully saturated rings. The number of rotatable bonds is 4. The predicted molar refractivity (Wildman–Crippen MR) is 88.4 cm³/mol. The van der Waals surface area contributed by atoms with Gasteiger partial charge in [0.25, 0.3) is 0 Å². The van der Waals surface area contributed by atoms with Crippen molar-refractivity contribution in [3.63, 3.8) is 0 Å². The van der Waals surface area contributed by atoms with Crippen molar-refractivity contribution in [2.75, 3.05) is 12.3 Å². The Hall–Kier alpha value is -0.370. The Balaban J connectivity index is 2.00. The van der Waals surface area contributed by atoms with Crippen molar-refractivity contribution in [2.45, 2.75) is 25.1 Å². The molecule has 1 atom stereocenters. The van der Waals surface area contributed by atoms with E-state index in [1.807, 2.05) is 34.8 Å². The average molecular weight is 373 g/mol. The Bertz CT molecular complexity index is 565. The number of aromatic nitrogens is 3. The maximum Gasteiger partial charge on any atom is 0.153 e. The highest BCUT2D eigenvalue weighted by Gasteiger charge is 2.25. The zero-order valence-corrected chi connectivity index (χ0v) is 14.7. The second-order valence-corrected chi connectivity index (χ2v) is 7.80. The summed E-state index contributed by atoms with van der Waals surface area (Å²) in [5, 5.41) is 11.8. The van der Waals surface area contributed by atoms with Gasteiger partial charge in [0.1, 0.15) is 0 Å². The minimum atomic E-state index is 0.162. The number of halogens is 1. The maximum atomic E-state index is 4.12. The molecule has 2 aromatic heterocycles. The third kappa shape index (κ3) is 2.68. The van der Waals surface area contributed by atoms with Crippen LogP contribution in [0, 0.1) is 0 Å². The fourth-order valence-corrected chi connectivity index (χ4v) is 5.51. The van der Waals surface area contributed by atoms with Crippen LogP contribution in [0.2, 0.25) is 0 Å². The van der Waals surface area contributed by atoms with Gasteiger partial charge in [0.15, 0.2) is 4.60 Å². The minimum absolute atomic E-state index is 0.162. The highest BCUT2D eigenvalue weighted by Crippen LogP contribution is 2.37. The summed E-state index contributed by atoms with van der Waals surface area (Å²) < 4.78 is 2.68. The second-order valence-electron chi connectivity index (χ2n) is 4.78. The summed E-state index contributed by atoms with van der Waals surface area (Å²) in [5.74, 6) is 2.39. The lowest BCUT2D eigenvalue weighted by molar-refractivity contribution is 0.573. The summed E-state index contributed by atoms with van der Waals surface area (Å²) in [4.78, 5) is 2.92. The molecule has 20 heavy (non-hydrogen) atoms. The van der Waals surface area contributed by atoms with E-state index in [1.54, 1.807) is 4.88 Å². The van der Waals surface area contributed by atoms with Gasteiger partial charge in [-0.1, -0.05) is 12.1 Å². The van der Waals surface area contributed by atoms with Crippen LogP contribution in [-0.4, -0.2) is 27.3 Å². The Kier molecular flexibility index (Phi) is 4.49. The zero-order chi connectivity index (χ0) is 14.1. The molecule has 0 aromatic carbocycles. The van der Waals surface area contributed by atoms with E-state index in [2.05, 4.69) is 44.5 Å². The van der Waals surface area contributed by atoms with Crippen molar-refractivity contribution in [2.24, 2.45) is 7.05 Å². The number of fused-ring (bicyclic) bond motifs is 1. The van der Waals surface area contributed by atoms with E-state index >= 15 is 0 Å². The van der Waals surface area contributed by atoms with Gasteiger partial charge in [-0.2, -0.15) is 11.8 Å². The van der Waals surface area contributed by atoms with E-state index in [0.29, 0.717) is 0 Å². The number of nitrogens with one attached hydrogen (secondary N) is 1. The molecule has 1 aliphatic heterocycles. The van der Waals surface area contributed by atoms with Crippen LogP contribution in [0.4, 0.5) is 0 Å². The van der Waals surface area contributed by atoms with Crippen molar-refractivity contribution in [1.82, 2.24) is 20.3 Å². The van der Waals surface area contributed by atoms with Gasteiger partial charge in [0, 0.05) is 22.6 Å². The van der Waals surface area contributed by atoms with Crippen molar-refractivity contribution < 1.29 is 0 Å². The van der Waals surface area contributed by atoms with Crippen LogP contribution < -0.4 is 5.32 Å². The molecule has 1 N–H and O–H groups in total. The van der Waals surface area contributed by atoms with Crippen LogP contribution >= 0.6 is 39.0 Å². The summed E-state index contributed by atoms with van der Waals surface area (Å²) in [6.45, 7) is 3.05. The van der Waals surface area contributed by atoms with E-state index in [9.17, 15) is 0 Å². The van der Waals surface area contributed by atoms with Gasteiger partial charge in [0.2, 0.25) is 0 Å². The lowest BCUT2D eigenvalue weighted by Crippen LogP contribution is -2.23. The number of thioether (sulfide) groups is 1. The molecule has 0 amide bonds. The molecule has 4 nitrogen and oxygen atoms in total. The summed E-state index contributed by atoms with van der Waals surface area (Å²) in [6.07, 6.45) is 1.20. The zero-order valence-electron chi connectivity index (χ0n) is 11.5. The number of hydrogen-bond acceptors (Lipinski definition) is 5. The Morgan fingerprint density at radius 1 is 1.55 bits per heavy atom. The summed E-state index contributed by atoms with van der Waals surface area (Å²) in [5.41, 5.74) is 2.61. The first kappa shape index (κ1) is 14.6. The van der Waals surface area contributed by atoms with Gasteiger partial charge >= 0.3 is 0 Å². The molecule has 1 aliphatic rings. The molecule has 3 heterocycles. The van der Waals surface area contributed by atoms with E-state index in [-0.39, 0.29) is 6.04 Å². The molecule has 0 saturated carbocycles. The van der Waals surface area contributed by atoms with Gasteiger partial charge in [0.05, 0.1) is 11.7 Å². The molecule has 0 radical (unpaired) electrons. The molecule has 0 bridgehead atoms. The Labute approximate surface area is 135 Å². The number of hydrogen-bond donors (Lipinski definition) is 1. The van der Waals surface area contributed by atoms with E-state index in [4.69, 9.17) is 0 Å². The second kappa shape index (κ2) is 6.17. The van der Waals surface area contributed by atoms with Crippen molar-refractivity contribution in [3.05, 3.63) is 31.7 Å². The van der Waals surface area contributed by atoms with E-state index in [1.165, 1.54) is 22.6 Å². The molecule has 7 heteroatoms. The highest BCUT2D eigenvalue weighted by atomic mass is 79.9. The fraction of sp³-hybridized carbons (Fsp3) is 0.538. The highest BCUT2D eigenvalue weighted by molar-refractivity contribution is 9.10. The number of thiophene rings is 1. The molecule has 0 saturated heterocycles. The van der Waals surface area contributed by atoms with Gasteiger partial charge in [-0.15, -0.1) is 16.4 Å². The van der Waals surface area contributed by atoms with Crippen LogP contribution in [0.15, 0.2) is 10.7 Å².